The number of hydrogen-bond donors (Lipinski definition) is 1. The highest BCUT2D eigenvalue weighted by Gasteiger charge is 2.15. The van der Waals surface area contributed by atoms with Crippen LogP contribution in [0, 0.1) is 0 Å². The SMILES string of the molecule is COc1cc2c(cc1NC(=O)CCS(C)(=O)=O)oc1ccccc12. The number of para-hydroxylation sites is 1. The van der Waals surface area contributed by atoms with Crippen LogP contribution >= 0.6 is 0 Å². The summed E-state index contributed by atoms with van der Waals surface area (Å²) in [4.78, 5) is 12.0. The van der Waals surface area contributed by atoms with Crippen molar-refractivity contribution in [3.63, 3.8) is 0 Å². The third-order valence-electron chi connectivity index (χ3n) is 3.67. The molecule has 0 spiro atoms. The molecule has 24 heavy (non-hydrogen) atoms. The summed E-state index contributed by atoms with van der Waals surface area (Å²) < 4.78 is 33.5. The van der Waals surface area contributed by atoms with E-state index in [0.29, 0.717) is 17.0 Å². The molecule has 0 saturated carbocycles. The van der Waals surface area contributed by atoms with Crippen molar-refractivity contribution in [2.75, 3.05) is 24.4 Å². The molecule has 0 fully saturated rings. The zero-order valence-corrected chi connectivity index (χ0v) is 14.1. The highest BCUT2D eigenvalue weighted by Crippen LogP contribution is 2.36. The summed E-state index contributed by atoms with van der Waals surface area (Å²) in [5.41, 5.74) is 1.81. The summed E-state index contributed by atoms with van der Waals surface area (Å²) in [7, 11) is -1.68. The molecule has 0 aliphatic carbocycles. The average Bonchev–Trinajstić information content (AvgIpc) is 2.89. The largest absolute Gasteiger partial charge is 0.495 e. The van der Waals surface area contributed by atoms with E-state index in [0.717, 1.165) is 22.6 Å². The number of sulfone groups is 1. The summed E-state index contributed by atoms with van der Waals surface area (Å²) in [5, 5.41) is 4.53. The van der Waals surface area contributed by atoms with Crippen molar-refractivity contribution < 1.29 is 22.4 Å². The lowest BCUT2D eigenvalue weighted by atomic mass is 10.1. The Kier molecular flexibility index (Phi) is 4.19. The van der Waals surface area contributed by atoms with Gasteiger partial charge in [-0.05, 0) is 12.1 Å². The van der Waals surface area contributed by atoms with Crippen molar-refractivity contribution in [3.8, 4) is 5.75 Å². The van der Waals surface area contributed by atoms with Crippen LogP contribution in [0.1, 0.15) is 6.42 Å². The van der Waals surface area contributed by atoms with E-state index in [4.69, 9.17) is 9.15 Å². The fraction of sp³-hybridized carbons (Fsp3) is 0.235. The molecule has 0 saturated heterocycles. The summed E-state index contributed by atoms with van der Waals surface area (Å²) >= 11 is 0. The van der Waals surface area contributed by atoms with Gasteiger partial charge in [0.25, 0.3) is 0 Å². The first kappa shape index (κ1) is 16.3. The second-order valence-corrected chi connectivity index (χ2v) is 7.83. The molecule has 2 aromatic carbocycles. The number of hydrogen-bond acceptors (Lipinski definition) is 5. The van der Waals surface area contributed by atoms with E-state index in [1.54, 1.807) is 12.1 Å². The first-order valence-corrected chi connectivity index (χ1v) is 9.40. The molecule has 1 N–H and O–H groups in total. The molecule has 3 rings (SSSR count). The Balaban J connectivity index is 1.95. The maximum atomic E-state index is 12.0. The number of nitrogens with one attached hydrogen (secondary N) is 1. The molecule has 0 bridgehead atoms. The van der Waals surface area contributed by atoms with Crippen LogP contribution in [0.15, 0.2) is 40.8 Å². The minimum atomic E-state index is -3.19. The topological polar surface area (TPSA) is 85.6 Å². The fourth-order valence-electron chi connectivity index (χ4n) is 2.51. The lowest BCUT2D eigenvalue weighted by molar-refractivity contribution is -0.115. The second kappa shape index (κ2) is 6.16. The van der Waals surface area contributed by atoms with Crippen LogP contribution in [0.2, 0.25) is 0 Å². The molecular weight excluding hydrogens is 330 g/mol. The van der Waals surface area contributed by atoms with Gasteiger partial charge in [0, 0.05) is 29.5 Å². The van der Waals surface area contributed by atoms with Gasteiger partial charge in [-0.1, -0.05) is 18.2 Å². The number of benzene rings is 2. The normalized spacial score (nSPS) is 11.8. The van der Waals surface area contributed by atoms with Gasteiger partial charge in [0.05, 0.1) is 18.6 Å². The predicted octanol–water partition coefficient (Wildman–Crippen LogP) is 2.97. The monoisotopic (exact) mass is 347 g/mol. The summed E-state index contributed by atoms with van der Waals surface area (Å²) in [5.74, 6) is -0.107. The Morgan fingerprint density at radius 2 is 1.92 bits per heavy atom. The van der Waals surface area contributed by atoms with E-state index >= 15 is 0 Å². The smallest absolute Gasteiger partial charge is 0.225 e. The van der Waals surface area contributed by atoms with Crippen LogP contribution in [0.3, 0.4) is 0 Å². The maximum absolute atomic E-state index is 12.0. The van der Waals surface area contributed by atoms with Crippen molar-refractivity contribution in [2.45, 2.75) is 6.42 Å². The van der Waals surface area contributed by atoms with Crippen LogP contribution in [0.4, 0.5) is 5.69 Å². The van der Waals surface area contributed by atoms with E-state index < -0.39 is 15.7 Å². The van der Waals surface area contributed by atoms with E-state index in [2.05, 4.69) is 5.32 Å². The van der Waals surface area contributed by atoms with Gasteiger partial charge >= 0.3 is 0 Å². The van der Waals surface area contributed by atoms with E-state index in [1.165, 1.54) is 7.11 Å². The predicted molar refractivity (Wildman–Crippen MR) is 93.2 cm³/mol. The highest BCUT2D eigenvalue weighted by molar-refractivity contribution is 7.90. The lowest BCUT2D eigenvalue weighted by Gasteiger charge is -2.10. The Bertz CT molecular complexity index is 1020. The first-order chi connectivity index (χ1) is 11.4. The molecule has 126 valence electrons. The van der Waals surface area contributed by atoms with Crippen molar-refractivity contribution in [1.82, 2.24) is 0 Å². The number of carbonyl (C=O) groups is 1. The van der Waals surface area contributed by atoms with Crippen LogP contribution in [0.25, 0.3) is 21.9 Å². The molecule has 1 aromatic heterocycles. The average molecular weight is 347 g/mol. The van der Waals surface area contributed by atoms with Gasteiger partial charge in [-0.2, -0.15) is 0 Å². The number of amides is 1. The number of methoxy groups -OCH3 is 1. The standard InChI is InChI=1S/C17H17NO5S/c1-22-16-9-12-11-5-3-4-6-14(11)23-15(12)10-13(16)18-17(19)7-8-24(2,20)21/h3-6,9-10H,7-8H2,1-2H3,(H,18,19). The first-order valence-electron chi connectivity index (χ1n) is 7.34. The number of furan rings is 1. The summed E-state index contributed by atoms with van der Waals surface area (Å²) in [6, 6.07) is 11.1. The van der Waals surface area contributed by atoms with E-state index in [1.807, 2.05) is 24.3 Å². The molecule has 0 aliphatic rings. The molecule has 3 aromatic rings. The Morgan fingerprint density at radius 3 is 2.62 bits per heavy atom. The van der Waals surface area contributed by atoms with Gasteiger partial charge in [0.2, 0.25) is 5.91 Å². The third-order valence-corrected chi connectivity index (χ3v) is 4.62. The number of fused-ring (bicyclic) bond motifs is 3. The van der Waals surface area contributed by atoms with Gasteiger partial charge in [-0.3, -0.25) is 4.79 Å². The Hall–Kier alpha value is -2.54. The van der Waals surface area contributed by atoms with Crippen molar-refractivity contribution in [3.05, 3.63) is 36.4 Å². The summed E-state index contributed by atoms with van der Waals surface area (Å²) in [6.45, 7) is 0. The Morgan fingerprint density at radius 1 is 1.17 bits per heavy atom. The summed E-state index contributed by atoms with van der Waals surface area (Å²) in [6.07, 6.45) is 0.988. The van der Waals surface area contributed by atoms with Crippen LogP contribution in [-0.2, 0) is 14.6 Å². The van der Waals surface area contributed by atoms with E-state index in [-0.39, 0.29) is 12.2 Å². The third kappa shape index (κ3) is 3.35. The van der Waals surface area contributed by atoms with Crippen LogP contribution in [0.5, 0.6) is 5.75 Å². The minimum absolute atomic E-state index is 0.111. The highest BCUT2D eigenvalue weighted by atomic mass is 32.2. The molecule has 1 heterocycles. The van der Waals surface area contributed by atoms with Gasteiger partial charge in [0.1, 0.15) is 26.8 Å². The van der Waals surface area contributed by atoms with Gasteiger partial charge in [-0.25, -0.2) is 8.42 Å². The number of ether oxygens (including phenoxy) is 1. The van der Waals surface area contributed by atoms with Gasteiger partial charge in [-0.15, -0.1) is 0 Å². The quantitative estimate of drug-likeness (QED) is 0.767. The van der Waals surface area contributed by atoms with Crippen molar-refractivity contribution in [1.29, 1.82) is 0 Å². The molecular formula is C17H17NO5S. The molecule has 0 aliphatic heterocycles. The maximum Gasteiger partial charge on any atom is 0.225 e. The van der Waals surface area contributed by atoms with Crippen molar-refractivity contribution in [2.24, 2.45) is 0 Å². The van der Waals surface area contributed by atoms with Crippen molar-refractivity contribution >= 4 is 43.4 Å². The molecule has 7 heteroatoms. The molecule has 6 nitrogen and oxygen atoms in total. The minimum Gasteiger partial charge on any atom is -0.495 e. The molecule has 0 unspecified atom stereocenters. The van der Waals surface area contributed by atoms with Gasteiger partial charge < -0.3 is 14.5 Å². The zero-order chi connectivity index (χ0) is 17.3. The number of carbonyl (C=O) groups excluding carboxylic acids is 1. The number of rotatable bonds is 5. The lowest BCUT2D eigenvalue weighted by Crippen LogP contribution is -2.16. The second-order valence-electron chi connectivity index (χ2n) is 5.57. The molecule has 0 atom stereocenters. The van der Waals surface area contributed by atoms with Crippen LogP contribution in [-0.4, -0.2) is 33.4 Å². The molecule has 1 amide bonds. The van der Waals surface area contributed by atoms with Crippen LogP contribution < -0.4 is 10.1 Å². The zero-order valence-electron chi connectivity index (χ0n) is 13.3. The molecule has 0 radical (unpaired) electrons. The van der Waals surface area contributed by atoms with E-state index in [9.17, 15) is 13.2 Å². The van der Waals surface area contributed by atoms with Gasteiger partial charge in [0.15, 0.2) is 0 Å². The Labute approximate surface area is 139 Å². The number of anilines is 1. The fourth-order valence-corrected chi connectivity index (χ4v) is 3.07.